The summed E-state index contributed by atoms with van der Waals surface area (Å²) in [5.41, 5.74) is 0. The van der Waals surface area contributed by atoms with Crippen molar-refractivity contribution in [1.82, 2.24) is 4.57 Å². The van der Waals surface area contributed by atoms with Gasteiger partial charge in [-0.3, -0.25) is 0 Å². The second kappa shape index (κ2) is 2.72. The van der Waals surface area contributed by atoms with Gasteiger partial charge in [0.25, 0.3) is 0 Å². The van der Waals surface area contributed by atoms with E-state index in [0.717, 1.165) is 12.0 Å². The third-order valence-corrected chi connectivity index (χ3v) is 2.83. The maximum absolute atomic E-state index is 2.36. The number of aromatic nitrogens is 1. The number of hydrogen-bond acceptors (Lipinski definition) is 0. The van der Waals surface area contributed by atoms with Crippen LogP contribution in [0, 0.1) is 5.92 Å². The SMILES string of the molecule is C[C@@H]1CCC[C@@H]1n1cccc1. The fraction of sp³-hybridized carbons (Fsp3) is 0.600. The minimum absolute atomic E-state index is 0.782. The van der Waals surface area contributed by atoms with Crippen LogP contribution in [0.5, 0.6) is 0 Å². The summed E-state index contributed by atoms with van der Waals surface area (Å²) in [7, 11) is 0. The molecule has 1 aliphatic rings. The maximum Gasteiger partial charge on any atom is 0.0356 e. The van der Waals surface area contributed by atoms with E-state index in [-0.39, 0.29) is 0 Å². The fourth-order valence-electron chi connectivity index (χ4n) is 2.14. The number of rotatable bonds is 1. The van der Waals surface area contributed by atoms with E-state index in [1.807, 2.05) is 0 Å². The van der Waals surface area contributed by atoms with E-state index >= 15 is 0 Å². The van der Waals surface area contributed by atoms with Gasteiger partial charge in [-0.25, -0.2) is 0 Å². The Morgan fingerprint density at radius 3 is 2.45 bits per heavy atom. The van der Waals surface area contributed by atoms with Crippen LogP contribution in [0.2, 0.25) is 0 Å². The van der Waals surface area contributed by atoms with E-state index in [1.54, 1.807) is 0 Å². The van der Waals surface area contributed by atoms with Gasteiger partial charge in [0.2, 0.25) is 0 Å². The van der Waals surface area contributed by atoms with Gasteiger partial charge in [-0.05, 0) is 30.9 Å². The molecule has 1 heteroatoms. The van der Waals surface area contributed by atoms with Gasteiger partial charge in [-0.2, -0.15) is 0 Å². The highest BCUT2D eigenvalue weighted by Gasteiger charge is 2.23. The highest BCUT2D eigenvalue weighted by atomic mass is 15.0. The van der Waals surface area contributed by atoms with E-state index in [1.165, 1.54) is 19.3 Å². The van der Waals surface area contributed by atoms with Crippen molar-refractivity contribution in [2.75, 3.05) is 0 Å². The van der Waals surface area contributed by atoms with Crippen LogP contribution in [-0.4, -0.2) is 4.57 Å². The first-order valence-corrected chi connectivity index (χ1v) is 4.50. The van der Waals surface area contributed by atoms with Gasteiger partial charge < -0.3 is 4.57 Å². The Balaban J connectivity index is 2.16. The zero-order valence-corrected chi connectivity index (χ0v) is 7.03. The number of nitrogens with zero attached hydrogens (tertiary/aromatic N) is 1. The zero-order chi connectivity index (χ0) is 7.68. The zero-order valence-electron chi connectivity index (χ0n) is 7.03. The first kappa shape index (κ1) is 6.96. The highest BCUT2D eigenvalue weighted by Crippen LogP contribution is 2.34. The molecule has 0 N–H and O–H groups in total. The molecule has 2 rings (SSSR count). The van der Waals surface area contributed by atoms with Crippen molar-refractivity contribution in [3.63, 3.8) is 0 Å². The molecule has 0 aliphatic heterocycles. The summed E-state index contributed by atoms with van der Waals surface area (Å²) in [5, 5.41) is 0. The van der Waals surface area contributed by atoms with Gasteiger partial charge in [-0.1, -0.05) is 13.3 Å². The highest BCUT2D eigenvalue weighted by molar-refractivity contribution is 4.95. The molecule has 0 spiro atoms. The Bertz CT molecular complexity index is 213. The van der Waals surface area contributed by atoms with Crippen molar-refractivity contribution in [3.05, 3.63) is 24.5 Å². The van der Waals surface area contributed by atoms with Crippen LogP contribution in [-0.2, 0) is 0 Å². The lowest BCUT2D eigenvalue weighted by atomic mass is 10.1. The van der Waals surface area contributed by atoms with Gasteiger partial charge in [0.1, 0.15) is 0 Å². The Labute approximate surface area is 68.0 Å². The minimum atomic E-state index is 0.782. The van der Waals surface area contributed by atoms with Crippen molar-refractivity contribution >= 4 is 0 Å². The van der Waals surface area contributed by atoms with E-state index in [4.69, 9.17) is 0 Å². The third kappa shape index (κ3) is 1.20. The molecule has 1 aliphatic carbocycles. The predicted molar refractivity (Wildman–Crippen MR) is 46.5 cm³/mol. The number of hydrogen-bond donors (Lipinski definition) is 0. The van der Waals surface area contributed by atoms with Crippen molar-refractivity contribution in [1.29, 1.82) is 0 Å². The molecule has 0 radical (unpaired) electrons. The molecule has 0 saturated heterocycles. The smallest absolute Gasteiger partial charge is 0.0356 e. The topological polar surface area (TPSA) is 4.93 Å². The Hall–Kier alpha value is -0.720. The van der Waals surface area contributed by atoms with E-state index in [0.29, 0.717) is 0 Å². The molecule has 0 unspecified atom stereocenters. The standard InChI is InChI=1S/C10H15N/c1-9-5-4-6-10(9)11-7-2-3-8-11/h2-3,7-10H,4-6H2,1H3/t9-,10+/m1/s1. The summed E-state index contributed by atoms with van der Waals surface area (Å²) in [4.78, 5) is 0. The van der Waals surface area contributed by atoms with Crippen LogP contribution in [0.1, 0.15) is 32.2 Å². The van der Waals surface area contributed by atoms with Crippen LogP contribution in [0.4, 0.5) is 0 Å². The summed E-state index contributed by atoms with van der Waals surface area (Å²) in [5.74, 6) is 0.877. The summed E-state index contributed by atoms with van der Waals surface area (Å²) in [6.07, 6.45) is 8.56. The Morgan fingerprint density at radius 1 is 1.18 bits per heavy atom. The molecule has 0 aromatic carbocycles. The van der Waals surface area contributed by atoms with Gasteiger partial charge in [0.05, 0.1) is 0 Å². The first-order valence-electron chi connectivity index (χ1n) is 4.50. The van der Waals surface area contributed by atoms with Crippen molar-refractivity contribution in [3.8, 4) is 0 Å². The van der Waals surface area contributed by atoms with Crippen molar-refractivity contribution < 1.29 is 0 Å². The van der Waals surface area contributed by atoms with Crippen molar-refractivity contribution in [2.24, 2.45) is 5.92 Å². The lowest BCUT2D eigenvalue weighted by Crippen LogP contribution is -2.08. The molecule has 1 nitrogen and oxygen atoms in total. The van der Waals surface area contributed by atoms with Gasteiger partial charge >= 0.3 is 0 Å². The Morgan fingerprint density at radius 2 is 1.91 bits per heavy atom. The second-order valence-corrected chi connectivity index (χ2v) is 3.61. The molecule has 2 atom stereocenters. The first-order chi connectivity index (χ1) is 5.38. The monoisotopic (exact) mass is 149 g/mol. The molecule has 0 bridgehead atoms. The van der Waals surface area contributed by atoms with Crippen LogP contribution < -0.4 is 0 Å². The quantitative estimate of drug-likeness (QED) is 0.578. The second-order valence-electron chi connectivity index (χ2n) is 3.61. The summed E-state index contributed by atoms with van der Waals surface area (Å²) < 4.78 is 2.36. The van der Waals surface area contributed by atoms with Crippen molar-refractivity contribution in [2.45, 2.75) is 32.2 Å². The summed E-state index contributed by atoms with van der Waals surface area (Å²) >= 11 is 0. The van der Waals surface area contributed by atoms with E-state index < -0.39 is 0 Å². The molecular weight excluding hydrogens is 134 g/mol. The molecule has 1 saturated carbocycles. The fourth-order valence-corrected chi connectivity index (χ4v) is 2.14. The Kier molecular flexibility index (Phi) is 1.72. The van der Waals surface area contributed by atoms with Crippen LogP contribution in [0.15, 0.2) is 24.5 Å². The lowest BCUT2D eigenvalue weighted by Gasteiger charge is -2.16. The largest absolute Gasteiger partial charge is 0.351 e. The van der Waals surface area contributed by atoms with E-state index in [2.05, 4.69) is 36.0 Å². The third-order valence-electron chi connectivity index (χ3n) is 2.83. The molecular formula is C10H15N. The average molecular weight is 149 g/mol. The van der Waals surface area contributed by atoms with Crippen LogP contribution >= 0.6 is 0 Å². The lowest BCUT2D eigenvalue weighted by molar-refractivity contribution is 0.409. The molecule has 1 aromatic rings. The summed E-state index contributed by atoms with van der Waals surface area (Å²) in [6, 6.07) is 5.01. The normalized spacial score (nSPS) is 31.0. The van der Waals surface area contributed by atoms with Gasteiger partial charge in [0.15, 0.2) is 0 Å². The molecule has 1 aromatic heterocycles. The predicted octanol–water partition coefficient (Wildman–Crippen LogP) is 2.85. The van der Waals surface area contributed by atoms with Crippen LogP contribution in [0.25, 0.3) is 0 Å². The minimum Gasteiger partial charge on any atom is -0.351 e. The molecule has 1 fully saturated rings. The van der Waals surface area contributed by atoms with Gasteiger partial charge in [0, 0.05) is 18.4 Å². The maximum atomic E-state index is 2.36. The van der Waals surface area contributed by atoms with Crippen LogP contribution in [0.3, 0.4) is 0 Å². The van der Waals surface area contributed by atoms with E-state index in [9.17, 15) is 0 Å². The molecule has 11 heavy (non-hydrogen) atoms. The molecule has 1 heterocycles. The van der Waals surface area contributed by atoms with Gasteiger partial charge in [-0.15, -0.1) is 0 Å². The summed E-state index contributed by atoms with van der Waals surface area (Å²) in [6.45, 7) is 2.36. The average Bonchev–Trinajstić information content (AvgIpc) is 2.55. The molecule has 60 valence electrons. The molecule has 0 amide bonds.